The van der Waals surface area contributed by atoms with Crippen LogP contribution in [0.4, 0.5) is 0 Å². The Morgan fingerprint density at radius 2 is 1.39 bits per heavy atom. The zero-order valence-electron chi connectivity index (χ0n) is 17.1. The van der Waals surface area contributed by atoms with Crippen molar-refractivity contribution in [3.63, 3.8) is 0 Å². The number of hydrogen-bond acceptors (Lipinski definition) is 2. The van der Waals surface area contributed by atoms with Crippen LogP contribution in [0.1, 0.15) is 25.0 Å². The van der Waals surface area contributed by atoms with Crippen molar-refractivity contribution in [2.24, 2.45) is 7.05 Å². The molecule has 1 aromatic heterocycles. The lowest BCUT2D eigenvalue weighted by Gasteiger charge is -2.13. The van der Waals surface area contributed by atoms with Gasteiger partial charge < -0.3 is 4.74 Å². The normalized spacial score (nSPS) is 10.5. The van der Waals surface area contributed by atoms with Gasteiger partial charge in [0, 0.05) is 12.4 Å². The number of fused-ring (bicyclic) bond motifs is 1. The highest BCUT2D eigenvalue weighted by molar-refractivity contribution is 5.91. The number of hydrogen-bond donors (Lipinski definition) is 0. The molecule has 0 aliphatic carbocycles. The Balaban J connectivity index is 0.00000109. The van der Waals surface area contributed by atoms with E-state index in [9.17, 15) is 4.79 Å². The van der Waals surface area contributed by atoms with Gasteiger partial charge in [-0.15, -0.1) is 0 Å². The highest BCUT2D eigenvalue weighted by Crippen LogP contribution is 2.32. The van der Waals surface area contributed by atoms with E-state index in [1.165, 1.54) is 5.56 Å². The highest BCUT2D eigenvalue weighted by Gasteiger charge is 2.18. The molecule has 4 rings (SSSR count). The monoisotopic (exact) mass is 374 g/mol. The molecule has 0 bridgehead atoms. The number of para-hydroxylation sites is 1. The maximum Gasteiger partial charge on any atom is 0.278 e. The van der Waals surface area contributed by atoms with E-state index >= 15 is 0 Å². The maximum atomic E-state index is 12.8. The first-order valence-corrected chi connectivity index (χ1v) is 9.58. The Labute approximate surface area is 165 Å². The predicted octanol–water partition coefficient (Wildman–Crippen LogP) is 5.76. The Morgan fingerprint density at radius 3 is 2.07 bits per heavy atom. The van der Waals surface area contributed by atoms with Crippen LogP contribution in [0, 0.1) is 13.8 Å². The van der Waals surface area contributed by atoms with E-state index in [2.05, 4.69) is 13.0 Å². The van der Waals surface area contributed by atoms with E-state index in [4.69, 9.17) is 4.74 Å². The van der Waals surface area contributed by atoms with Gasteiger partial charge in [0.05, 0.1) is 11.3 Å². The van der Waals surface area contributed by atoms with Crippen LogP contribution in [0.5, 0.6) is 11.6 Å². The zero-order valence-corrected chi connectivity index (χ0v) is 17.1. The molecule has 0 unspecified atom stereocenters. The number of aromatic nitrogens is 2. The molecule has 0 amide bonds. The van der Waals surface area contributed by atoms with Crippen LogP contribution in [-0.4, -0.2) is 9.36 Å². The minimum absolute atomic E-state index is 0.0786. The molecule has 0 saturated carbocycles. The molecule has 0 radical (unpaired) electrons. The van der Waals surface area contributed by atoms with Gasteiger partial charge in [-0.25, -0.2) is 9.36 Å². The number of benzene rings is 3. The summed E-state index contributed by atoms with van der Waals surface area (Å²) < 4.78 is 9.62. The number of nitrogens with zero attached hydrogens (tertiary/aromatic N) is 2. The van der Waals surface area contributed by atoms with Crippen molar-refractivity contribution in [2.75, 3.05) is 0 Å². The fraction of sp³-hybridized carbons (Fsp3) is 0.208. The van der Waals surface area contributed by atoms with Gasteiger partial charge >= 0.3 is 0 Å². The first kappa shape index (κ1) is 19.5. The molecule has 0 N–H and O–H groups in total. The van der Waals surface area contributed by atoms with E-state index in [-0.39, 0.29) is 5.56 Å². The third-order valence-electron chi connectivity index (χ3n) is 4.74. The summed E-state index contributed by atoms with van der Waals surface area (Å²) in [5, 5.41) is 2.18. The molecule has 4 aromatic rings. The van der Waals surface area contributed by atoms with Crippen LogP contribution < -0.4 is 10.3 Å². The van der Waals surface area contributed by atoms with Gasteiger partial charge in [-0.2, -0.15) is 0 Å². The summed E-state index contributed by atoms with van der Waals surface area (Å²) in [6.45, 7) is 7.88. The standard InChI is InChI=1S/C22H20N2O2.C2H6/c1-15-13-14-20(19-12-8-7-11-18(15)19)26-22-16(2)21(25)24(23(22)3)17-9-5-4-6-10-17;1-2/h4-14H,1-3H3;1-2H3. The quantitative estimate of drug-likeness (QED) is 0.457. The van der Waals surface area contributed by atoms with Crippen molar-refractivity contribution in [1.29, 1.82) is 0 Å². The summed E-state index contributed by atoms with van der Waals surface area (Å²) in [5.74, 6) is 1.29. The molecule has 4 heteroatoms. The molecule has 0 atom stereocenters. The van der Waals surface area contributed by atoms with Crippen LogP contribution in [0.2, 0.25) is 0 Å². The third-order valence-corrected chi connectivity index (χ3v) is 4.74. The summed E-state index contributed by atoms with van der Waals surface area (Å²) in [6.07, 6.45) is 0. The van der Waals surface area contributed by atoms with Gasteiger partial charge in [-0.05, 0) is 43.0 Å². The summed E-state index contributed by atoms with van der Waals surface area (Å²) >= 11 is 0. The lowest BCUT2D eigenvalue weighted by Crippen LogP contribution is -2.20. The molecule has 3 aromatic carbocycles. The Kier molecular flexibility index (Phi) is 5.69. The molecular weight excluding hydrogens is 348 g/mol. The lowest BCUT2D eigenvalue weighted by atomic mass is 10.0. The fourth-order valence-electron chi connectivity index (χ4n) is 3.34. The molecule has 0 saturated heterocycles. The average molecular weight is 374 g/mol. The molecule has 0 spiro atoms. The average Bonchev–Trinajstić information content (AvgIpc) is 2.95. The van der Waals surface area contributed by atoms with Crippen LogP contribution in [0.15, 0.2) is 71.5 Å². The van der Waals surface area contributed by atoms with E-state index < -0.39 is 0 Å². The minimum atomic E-state index is -0.0786. The molecule has 1 heterocycles. The number of ether oxygens (including phenoxy) is 1. The van der Waals surface area contributed by atoms with Crippen molar-refractivity contribution >= 4 is 10.8 Å². The smallest absolute Gasteiger partial charge is 0.278 e. The van der Waals surface area contributed by atoms with Gasteiger partial charge in [-0.1, -0.05) is 62.4 Å². The summed E-state index contributed by atoms with van der Waals surface area (Å²) in [6, 6.07) is 21.7. The summed E-state index contributed by atoms with van der Waals surface area (Å²) in [5.41, 5.74) is 2.51. The van der Waals surface area contributed by atoms with Crippen LogP contribution in [0.3, 0.4) is 0 Å². The Bertz CT molecular complexity index is 1150. The summed E-state index contributed by atoms with van der Waals surface area (Å²) in [7, 11) is 1.84. The van der Waals surface area contributed by atoms with Crippen LogP contribution in [-0.2, 0) is 7.05 Å². The summed E-state index contributed by atoms with van der Waals surface area (Å²) in [4.78, 5) is 12.8. The van der Waals surface area contributed by atoms with E-state index in [1.807, 2.05) is 81.6 Å². The van der Waals surface area contributed by atoms with E-state index in [0.29, 0.717) is 11.4 Å². The largest absolute Gasteiger partial charge is 0.438 e. The van der Waals surface area contributed by atoms with Crippen molar-refractivity contribution in [2.45, 2.75) is 27.7 Å². The van der Waals surface area contributed by atoms with Crippen molar-refractivity contribution in [1.82, 2.24) is 9.36 Å². The minimum Gasteiger partial charge on any atom is -0.438 e. The second kappa shape index (κ2) is 8.17. The van der Waals surface area contributed by atoms with Crippen molar-refractivity contribution in [3.05, 3.63) is 88.2 Å². The van der Waals surface area contributed by atoms with Gasteiger partial charge in [0.15, 0.2) is 0 Å². The molecule has 0 aliphatic rings. The SMILES string of the molecule is CC.Cc1c(Oc2ccc(C)c3ccccc23)n(C)n(-c2ccccc2)c1=O. The Hall–Kier alpha value is -3.27. The topological polar surface area (TPSA) is 36.2 Å². The predicted molar refractivity (Wildman–Crippen MR) is 116 cm³/mol. The number of aryl methyl sites for hydroxylation is 1. The second-order valence-corrected chi connectivity index (χ2v) is 6.43. The molecule has 144 valence electrons. The second-order valence-electron chi connectivity index (χ2n) is 6.43. The molecular formula is C24H26N2O2. The highest BCUT2D eigenvalue weighted by atomic mass is 16.5. The van der Waals surface area contributed by atoms with Gasteiger partial charge in [0.25, 0.3) is 5.56 Å². The Morgan fingerprint density at radius 1 is 0.786 bits per heavy atom. The van der Waals surface area contributed by atoms with Crippen LogP contribution in [0.25, 0.3) is 16.5 Å². The van der Waals surface area contributed by atoms with Gasteiger partial charge in [0.1, 0.15) is 5.75 Å². The molecule has 28 heavy (non-hydrogen) atoms. The molecule has 0 aliphatic heterocycles. The third kappa shape index (κ3) is 3.33. The zero-order chi connectivity index (χ0) is 20.3. The van der Waals surface area contributed by atoms with Crippen molar-refractivity contribution < 1.29 is 4.74 Å². The van der Waals surface area contributed by atoms with E-state index in [1.54, 1.807) is 16.3 Å². The van der Waals surface area contributed by atoms with Crippen molar-refractivity contribution in [3.8, 4) is 17.3 Å². The first-order chi connectivity index (χ1) is 13.6. The van der Waals surface area contributed by atoms with Gasteiger partial charge in [-0.3, -0.25) is 4.79 Å². The number of rotatable bonds is 3. The molecule has 0 fully saturated rings. The first-order valence-electron chi connectivity index (χ1n) is 9.58. The lowest BCUT2D eigenvalue weighted by molar-refractivity contribution is 0.420. The fourth-order valence-corrected chi connectivity index (χ4v) is 3.34. The van der Waals surface area contributed by atoms with Gasteiger partial charge in [0.2, 0.25) is 5.88 Å². The van der Waals surface area contributed by atoms with Crippen LogP contribution >= 0.6 is 0 Å². The molecule has 4 nitrogen and oxygen atoms in total. The van der Waals surface area contributed by atoms with E-state index in [0.717, 1.165) is 22.2 Å². The maximum absolute atomic E-state index is 12.8.